The second-order valence-corrected chi connectivity index (χ2v) is 6.76. The molecule has 1 amide bonds. The van der Waals surface area contributed by atoms with E-state index in [2.05, 4.69) is 24.1 Å². The van der Waals surface area contributed by atoms with E-state index in [9.17, 15) is 4.79 Å². The van der Waals surface area contributed by atoms with Crippen LogP contribution in [0.15, 0.2) is 0 Å². The van der Waals surface area contributed by atoms with Gasteiger partial charge in [-0.25, -0.2) is 0 Å². The molecule has 0 bridgehead atoms. The van der Waals surface area contributed by atoms with Gasteiger partial charge in [-0.05, 0) is 44.1 Å². The molecule has 2 atom stereocenters. The van der Waals surface area contributed by atoms with Crippen LogP contribution in [0.2, 0.25) is 0 Å². The first-order valence-corrected chi connectivity index (χ1v) is 7.53. The van der Waals surface area contributed by atoms with Crippen molar-refractivity contribution in [3.63, 3.8) is 0 Å². The zero-order valence-electron chi connectivity index (χ0n) is 12.2. The largest absolute Gasteiger partial charge is 0.341 e. The van der Waals surface area contributed by atoms with Gasteiger partial charge in [0.2, 0.25) is 5.91 Å². The van der Waals surface area contributed by atoms with Crippen molar-refractivity contribution in [3.8, 4) is 0 Å². The van der Waals surface area contributed by atoms with Gasteiger partial charge >= 0.3 is 0 Å². The van der Waals surface area contributed by atoms with Gasteiger partial charge in [-0.1, -0.05) is 26.7 Å². The fourth-order valence-electron chi connectivity index (χ4n) is 2.90. The summed E-state index contributed by atoms with van der Waals surface area (Å²) < 4.78 is 0. The Morgan fingerprint density at radius 3 is 2.33 bits per heavy atom. The van der Waals surface area contributed by atoms with Crippen LogP contribution in [0, 0.1) is 11.3 Å². The number of nitrogens with zero attached hydrogens (tertiary/aromatic N) is 1. The van der Waals surface area contributed by atoms with Gasteiger partial charge in [0.05, 0.1) is 6.04 Å². The maximum absolute atomic E-state index is 12.3. The quantitative estimate of drug-likeness (QED) is 0.833. The second-order valence-electron chi connectivity index (χ2n) is 6.76. The first kappa shape index (κ1) is 13.9. The zero-order chi connectivity index (χ0) is 13.2. The Bertz CT molecular complexity index is 293. The number of hydrogen-bond donors (Lipinski definition) is 1. The molecule has 1 aliphatic heterocycles. The number of amides is 1. The van der Waals surface area contributed by atoms with Crippen LogP contribution in [-0.2, 0) is 4.79 Å². The molecule has 0 aromatic carbocycles. The van der Waals surface area contributed by atoms with Crippen LogP contribution in [0.4, 0.5) is 0 Å². The fraction of sp³-hybridized carbons (Fsp3) is 0.933. The van der Waals surface area contributed by atoms with Gasteiger partial charge in [-0.2, -0.15) is 0 Å². The molecule has 2 unspecified atom stereocenters. The maximum Gasteiger partial charge on any atom is 0.239 e. The normalized spacial score (nSPS) is 28.6. The molecule has 1 saturated carbocycles. The molecule has 0 aromatic heterocycles. The van der Waals surface area contributed by atoms with Gasteiger partial charge in [0.25, 0.3) is 0 Å². The molecule has 104 valence electrons. The molecular formula is C15H28N2O. The van der Waals surface area contributed by atoms with Gasteiger partial charge in [0, 0.05) is 13.1 Å². The number of likely N-dealkylation sites (tertiary alicyclic amines) is 1. The van der Waals surface area contributed by atoms with E-state index in [0.717, 1.165) is 25.6 Å². The molecular weight excluding hydrogens is 224 g/mol. The van der Waals surface area contributed by atoms with E-state index >= 15 is 0 Å². The Morgan fingerprint density at radius 2 is 1.83 bits per heavy atom. The van der Waals surface area contributed by atoms with E-state index in [0.29, 0.717) is 11.3 Å². The molecule has 0 radical (unpaired) electrons. The molecule has 3 nitrogen and oxygen atoms in total. The van der Waals surface area contributed by atoms with Crippen LogP contribution < -0.4 is 5.32 Å². The van der Waals surface area contributed by atoms with Crippen molar-refractivity contribution in [1.82, 2.24) is 10.2 Å². The minimum Gasteiger partial charge on any atom is -0.341 e. The average molecular weight is 252 g/mol. The third-order valence-corrected chi connectivity index (χ3v) is 4.68. The molecule has 1 saturated heterocycles. The highest BCUT2D eigenvalue weighted by atomic mass is 16.2. The van der Waals surface area contributed by atoms with Crippen LogP contribution >= 0.6 is 0 Å². The summed E-state index contributed by atoms with van der Waals surface area (Å²) in [6, 6.07) is -0.0144. The van der Waals surface area contributed by atoms with Crippen molar-refractivity contribution >= 4 is 5.91 Å². The molecule has 18 heavy (non-hydrogen) atoms. The molecule has 0 aromatic rings. The lowest BCUT2D eigenvalue weighted by molar-refractivity contribution is -0.133. The van der Waals surface area contributed by atoms with Gasteiger partial charge in [0.1, 0.15) is 0 Å². The minimum atomic E-state index is -0.0144. The first-order valence-electron chi connectivity index (χ1n) is 7.53. The van der Waals surface area contributed by atoms with Crippen LogP contribution in [0.1, 0.15) is 52.9 Å². The summed E-state index contributed by atoms with van der Waals surface area (Å²) in [5.74, 6) is 1.06. The Kier molecular flexibility index (Phi) is 4.31. The Balaban J connectivity index is 1.73. The monoisotopic (exact) mass is 252 g/mol. The van der Waals surface area contributed by atoms with E-state index in [4.69, 9.17) is 0 Å². The topological polar surface area (TPSA) is 32.3 Å². The van der Waals surface area contributed by atoms with Crippen molar-refractivity contribution in [3.05, 3.63) is 0 Å². The SMILES string of the molecule is CC(NCC1CC1(C)C)C(=O)N1CCCCCC1. The van der Waals surface area contributed by atoms with Crippen molar-refractivity contribution in [1.29, 1.82) is 0 Å². The highest BCUT2D eigenvalue weighted by molar-refractivity contribution is 5.81. The standard InChI is InChI=1S/C15H28N2O/c1-12(16-11-13-10-15(13,2)3)14(18)17-8-6-4-5-7-9-17/h12-13,16H,4-11H2,1-3H3. The van der Waals surface area contributed by atoms with Crippen molar-refractivity contribution < 1.29 is 4.79 Å². The lowest BCUT2D eigenvalue weighted by Gasteiger charge is -2.24. The molecule has 1 heterocycles. The van der Waals surface area contributed by atoms with E-state index in [1.54, 1.807) is 0 Å². The van der Waals surface area contributed by atoms with Crippen LogP contribution in [0.5, 0.6) is 0 Å². The molecule has 1 N–H and O–H groups in total. The molecule has 1 aliphatic carbocycles. The Hall–Kier alpha value is -0.570. The molecule has 2 fully saturated rings. The van der Waals surface area contributed by atoms with Crippen LogP contribution in [-0.4, -0.2) is 36.5 Å². The minimum absolute atomic E-state index is 0.0144. The number of nitrogens with one attached hydrogen (secondary N) is 1. The number of carbonyl (C=O) groups excluding carboxylic acids is 1. The highest BCUT2D eigenvalue weighted by Crippen LogP contribution is 2.51. The van der Waals surface area contributed by atoms with E-state index in [1.807, 2.05) is 6.92 Å². The van der Waals surface area contributed by atoms with Crippen molar-refractivity contribution in [2.24, 2.45) is 11.3 Å². The van der Waals surface area contributed by atoms with Crippen LogP contribution in [0.3, 0.4) is 0 Å². The number of carbonyl (C=O) groups is 1. The van der Waals surface area contributed by atoms with Crippen LogP contribution in [0.25, 0.3) is 0 Å². The summed E-state index contributed by atoms with van der Waals surface area (Å²) in [7, 11) is 0. The lowest BCUT2D eigenvalue weighted by atomic mass is 10.1. The maximum atomic E-state index is 12.3. The average Bonchev–Trinajstić information content (AvgIpc) is 3.02. The van der Waals surface area contributed by atoms with Crippen molar-refractivity contribution in [2.45, 2.75) is 58.9 Å². The summed E-state index contributed by atoms with van der Waals surface area (Å²) in [4.78, 5) is 14.4. The number of rotatable bonds is 4. The van der Waals surface area contributed by atoms with E-state index in [-0.39, 0.29) is 6.04 Å². The fourth-order valence-corrected chi connectivity index (χ4v) is 2.90. The molecule has 2 rings (SSSR count). The van der Waals surface area contributed by atoms with Crippen molar-refractivity contribution in [2.75, 3.05) is 19.6 Å². The predicted molar refractivity (Wildman–Crippen MR) is 74.4 cm³/mol. The molecule has 0 spiro atoms. The third kappa shape index (κ3) is 3.47. The first-order chi connectivity index (χ1) is 8.50. The smallest absolute Gasteiger partial charge is 0.239 e. The highest BCUT2D eigenvalue weighted by Gasteiger charge is 2.45. The molecule has 2 aliphatic rings. The summed E-state index contributed by atoms with van der Waals surface area (Å²) in [6.45, 7) is 9.54. The second kappa shape index (κ2) is 5.60. The van der Waals surface area contributed by atoms with E-state index in [1.165, 1.54) is 32.1 Å². The van der Waals surface area contributed by atoms with Gasteiger partial charge in [0.15, 0.2) is 0 Å². The zero-order valence-corrected chi connectivity index (χ0v) is 12.2. The van der Waals surface area contributed by atoms with E-state index < -0.39 is 0 Å². The van der Waals surface area contributed by atoms with Gasteiger partial charge in [-0.15, -0.1) is 0 Å². The summed E-state index contributed by atoms with van der Waals surface area (Å²) in [5, 5.41) is 3.43. The van der Waals surface area contributed by atoms with Gasteiger partial charge in [-0.3, -0.25) is 4.79 Å². The Morgan fingerprint density at radius 1 is 1.28 bits per heavy atom. The van der Waals surface area contributed by atoms with Gasteiger partial charge < -0.3 is 10.2 Å². The summed E-state index contributed by atoms with van der Waals surface area (Å²) >= 11 is 0. The number of hydrogen-bond acceptors (Lipinski definition) is 2. The predicted octanol–water partition coefficient (Wildman–Crippen LogP) is 2.41. The lowest BCUT2D eigenvalue weighted by Crippen LogP contribution is -2.45. The summed E-state index contributed by atoms with van der Waals surface area (Å²) in [6.07, 6.45) is 6.20. The Labute approximate surface area is 111 Å². The molecule has 3 heteroatoms. The third-order valence-electron chi connectivity index (χ3n) is 4.68. The summed E-state index contributed by atoms with van der Waals surface area (Å²) in [5.41, 5.74) is 0.498.